The topological polar surface area (TPSA) is 6.48 Å². The molecule has 0 aromatic heterocycles. The van der Waals surface area contributed by atoms with Gasteiger partial charge in [-0.05, 0) is 43.2 Å². The van der Waals surface area contributed by atoms with Crippen LogP contribution < -0.4 is 0 Å². The van der Waals surface area contributed by atoms with Crippen LogP contribution in [0.3, 0.4) is 0 Å². The van der Waals surface area contributed by atoms with Crippen molar-refractivity contribution in [2.75, 3.05) is 39.3 Å². The lowest BCUT2D eigenvalue weighted by molar-refractivity contribution is 0.227. The highest BCUT2D eigenvalue weighted by atomic mass is 15.2. The van der Waals surface area contributed by atoms with Gasteiger partial charge in [-0.15, -0.1) is 0 Å². The summed E-state index contributed by atoms with van der Waals surface area (Å²) in [6, 6.07) is 0. The SMILES string of the molecule is CCN(CC)CCN1CC2C3C=CC(C3)C2C1. The molecule has 17 heavy (non-hydrogen) atoms. The van der Waals surface area contributed by atoms with E-state index >= 15 is 0 Å². The van der Waals surface area contributed by atoms with Crippen molar-refractivity contribution in [3.8, 4) is 0 Å². The predicted octanol–water partition coefficient (Wildman–Crippen LogP) is 2.08. The van der Waals surface area contributed by atoms with Gasteiger partial charge in [0.1, 0.15) is 0 Å². The molecule has 3 rings (SSSR count). The zero-order chi connectivity index (χ0) is 11.8. The molecule has 2 fully saturated rings. The molecule has 1 saturated carbocycles. The van der Waals surface area contributed by atoms with Crippen molar-refractivity contribution in [3.05, 3.63) is 12.2 Å². The third-order valence-electron chi connectivity index (χ3n) is 5.36. The number of hydrogen-bond acceptors (Lipinski definition) is 2. The van der Waals surface area contributed by atoms with Gasteiger partial charge in [-0.2, -0.15) is 0 Å². The molecule has 96 valence electrons. The van der Waals surface area contributed by atoms with E-state index in [2.05, 4.69) is 35.8 Å². The molecular weight excluding hydrogens is 208 g/mol. The van der Waals surface area contributed by atoms with Gasteiger partial charge < -0.3 is 9.80 Å². The van der Waals surface area contributed by atoms with Crippen LogP contribution in [-0.2, 0) is 0 Å². The first kappa shape index (κ1) is 11.7. The molecule has 2 heteroatoms. The molecule has 2 aliphatic carbocycles. The van der Waals surface area contributed by atoms with Crippen molar-refractivity contribution < 1.29 is 0 Å². The average Bonchev–Trinajstić information content (AvgIpc) is 3.02. The molecule has 0 spiro atoms. The summed E-state index contributed by atoms with van der Waals surface area (Å²) in [7, 11) is 0. The van der Waals surface area contributed by atoms with Crippen LogP contribution in [0, 0.1) is 23.7 Å². The Morgan fingerprint density at radius 2 is 1.65 bits per heavy atom. The number of fused-ring (bicyclic) bond motifs is 5. The fourth-order valence-electron chi connectivity index (χ4n) is 4.24. The van der Waals surface area contributed by atoms with Crippen LogP contribution in [0.2, 0.25) is 0 Å². The van der Waals surface area contributed by atoms with Gasteiger partial charge in [0.25, 0.3) is 0 Å². The van der Waals surface area contributed by atoms with Gasteiger partial charge in [-0.3, -0.25) is 0 Å². The maximum atomic E-state index is 2.72. The van der Waals surface area contributed by atoms with Gasteiger partial charge >= 0.3 is 0 Å². The molecule has 0 amide bonds. The zero-order valence-electron chi connectivity index (χ0n) is 11.3. The number of likely N-dealkylation sites (N-methyl/N-ethyl adjacent to an activating group) is 1. The van der Waals surface area contributed by atoms with E-state index in [9.17, 15) is 0 Å². The van der Waals surface area contributed by atoms with Crippen LogP contribution in [-0.4, -0.2) is 49.1 Å². The molecule has 4 atom stereocenters. The summed E-state index contributed by atoms with van der Waals surface area (Å²) in [6.07, 6.45) is 6.47. The smallest absolute Gasteiger partial charge is 0.0110 e. The minimum atomic E-state index is 0.934. The second kappa shape index (κ2) is 4.74. The van der Waals surface area contributed by atoms with Crippen LogP contribution in [0.1, 0.15) is 20.3 Å². The molecule has 0 aromatic rings. The normalized spacial score (nSPS) is 39.5. The van der Waals surface area contributed by atoms with E-state index in [0.29, 0.717) is 0 Å². The van der Waals surface area contributed by atoms with Crippen molar-refractivity contribution in [2.45, 2.75) is 20.3 Å². The van der Waals surface area contributed by atoms with Crippen molar-refractivity contribution in [1.82, 2.24) is 9.80 Å². The molecule has 1 heterocycles. The minimum absolute atomic E-state index is 0.934. The molecule has 2 bridgehead atoms. The summed E-state index contributed by atoms with van der Waals surface area (Å²) in [5.41, 5.74) is 0. The van der Waals surface area contributed by atoms with Crippen LogP contribution in [0.25, 0.3) is 0 Å². The number of rotatable bonds is 5. The zero-order valence-corrected chi connectivity index (χ0v) is 11.3. The fourth-order valence-corrected chi connectivity index (χ4v) is 4.24. The summed E-state index contributed by atoms with van der Waals surface area (Å²) in [4.78, 5) is 5.26. The van der Waals surface area contributed by atoms with E-state index in [-0.39, 0.29) is 0 Å². The Kier molecular flexibility index (Phi) is 3.27. The number of allylic oxidation sites excluding steroid dienone is 2. The molecule has 1 saturated heterocycles. The molecule has 0 aromatic carbocycles. The van der Waals surface area contributed by atoms with E-state index in [4.69, 9.17) is 0 Å². The Balaban J connectivity index is 1.49. The molecular formula is C15H26N2. The Morgan fingerprint density at radius 1 is 1.06 bits per heavy atom. The molecule has 3 aliphatic rings. The average molecular weight is 234 g/mol. The highest BCUT2D eigenvalue weighted by Gasteiger charge is 2.48. The lowest BCUT2D eigenvalue weighted by Gasteiger charge is -2.23. The largest absolute Gasteiger partial charge is 0.303 e. The molecule has 4 unspecified atom stereocenters. The maximum Gasteiger partial charge on any atom is 0.0110 e. The van der Waals surface area contributed by atoms with Gasteiger partial charge in [0.05, 0.1) is 0 Å². The van der Waals surface area contributed by atoms with Gasteiger partial charge in [0.15, 0.2) is 0 Å². The van der Waals surface area contributed by atoms with Crippen molar-refractivity contribution in [1.29, 1.82) is 0 Å². The third-order valence-corrected chi connectivity index (χ3v) is 5.36. The molecule has 1 aliphatic heterocycles. The van der Waals surface area contributed by atoms with Crippen LogP contribution in [0.15, 0.2) is 12.2 Å². The highest BCUT2D eigenvalue weighted by molar-refractivity contribution is 5.16. The Hall–Kier alpha value is -0.340. The van der Waals surface area contributed by atoms with Crippen LogP contribution >= 0.6 is 0 Å². The van der Waals surface area contributed by atoms with E-state index in [0.717, 1.165) is 23.7 Å². The quantitative estimate of drug-likeness (QED) is 0.672. The first-order chi connectivity index (χ1) is 8.31. The van der Waals surface area contributed by atoms with Crippen molar-refractivity contribution in [3.63, 3.8) is 0 Å². The second-order valence-corrected chi connectivity index (χ2v) is 6.06. The number of hydrogen-bond donors (Lipinski definition) is 0. The highest BCUT2D eigenvalue weighted by Crippen LogP contribution is 2.51. The first-order valence-electron chi connectivity index (χ1n) is 7.44. The van der Waals surface area contributed by atoms with Crippen LogP contribution in [0.5, 0.6) is 0 Å². The van der Waals surface area contributed by atoms with E-state index in [1.54, 1.807) is 0 Å². The summed E-state index contributed by atoms with van der Waals surface area (Å²) in [5, 5.41) is 0. The Labute approximate surface area is 106 Å². The van der Waals surface area contributed by atoms with Gasteiger partial charge in [-0.1, -0.05) is 26.0 Å². The summed E-state index contributed by atoms with van der Waals surface area (Å²) in [5.74, 6) is 3.87. The third kappa shape index (κ3) is 2.06. The Bertz CT molecular complexity index is 275. The lowest BCUT2D eigenvalue weighted by atomic mass is 9.86. The molecule has 2 nitrogen and oxygen atoms in total. The Morgan fingerprint density at radius 3 is 2.18 bits per heavy atom. The summed E-state index contributed by atoms with van der Waals surface area (Å²) < 4.78 is 0. The minimum Gasteiger partial charge on any atom is -0.303 e. The molecule has 0 N–H and O–H groups in total. The standard InChI is InChI=1S/C15H26N2/c1-3-16(4-2)7-8-17-10-14-12-5-6-13(9-12)15(14)11-17/h5-6,12-15H,3-4,7-11H2,1-2H3. The monoisotopic (exact) mass is 234 g/mol. The van der Waals surface area contributed by atoms with Crippen LogP contribution in [0.4, 0.5) is 0 Å². The first-order valence-corrected chi connectivity index (χ1v) is 7.44. The summed E-state index contributed by atoms with van der Waals surface area (Å²) in [6.45, 7) is 12.2. The lowest BCUT2D eigenvalue weighted by Crippen LogP contribution is -2.34. The maximum absolute atomic E-state index is 2.72. The predicted molar refractivity (Wildman–Crippen MR) is 71.9 cm³/mol. The van der Waals surface area contributed by atoms with Gasteiger partial charge in [-0.25, -0.2) is 0 Å². The van der Waals surface area contributed by atoms with Gasteiger partial charge in [0, 0.05) is 26.2 Å². The number of nitrogens with zero attached hydrogens (tertiary/aromatic N) is 2. The van der Waals surface area contributed by atoms with E-state index in [1.165, 1.54) is 45.7 Å². The summed E-state index contributed by atoms with van der Waals surface area (Å²) >= 11 is 0. The van der Waals surface area contributed by atoms with Crippen molar-refractivity contribution >= 4 is 0 Å². The van der Waals surface area contributed by atoms with Gasteiger partial charge in [0.2, 0.25) is 0 Å². The fraction of sp³-hybridized carbons (Fsp3) is 0.867. The second-order valence-electron chi connectivity index (χ2n) is 6.06. The number of likely N-dealkylation sites (tertiary alicyclic amines) is 1. The van der Waals surface area contributed by atoms with E-state index < -0.39 is 0 Å². The van der Waals surface area contributed by atoms with E-state index in [1.807, 2.05) is 0 Å². The molecule has 0 radical (unpaired) electrons. The van der Waals surface area contributed by atoms with Crippen molar-refractivity contribution in [2.24, 2.45) is 23.7 Å².